The Morgan fingerprint density at radius 1 is 1.42 bits per heavy atom. The first-order chi connectivity index (χ1) is 8.88. The number of likely N-dealkylation sites (N-methyl/N-ethyl adjacent to an activating group) is 1. The average Bonchev–Trinajstić information content (AvgIpc) is 2.44. The summed E-state index contributed by atoms with van der Waals surface area (Å²) in [7, 11) is 3.12. The van der Waals surface area contributed by atoms with Crippen LogP contribution in [-0.4, -0.2) is 36.0 Å². The van der Waals surface area contributed by atoms with Crippen molar-refractivity contribution in [3.05, 3.63) is 39.9 Å². The van der Waals surface area contributed by atoms with Crippen molar-refractivity contribution >= 4 is 11.6 Å². The van der Waals surface area contributed by atoms with Crippen molar-refractivity contribution < 1.29 is 14.5 Å². The van der Waals surface area contributed by atoms with E-state index in [-0.39, 0.29) is 17.6 Å². The Balaban J connectivity index is 2.93. The monoisotopic (exact) mass is 266 g/mol. The van der Waals surface area contributed by atoms with E-state index in [1.165, 1.54) is 24.1 Å². The van der Waals surface area contributed by atoms with Crippen LogP contribution in [-0.2, 0) is 9.53 Å². The zero-order valence-electron chi connectivity index (χ0n) is 11.5. The van der Waals surface area contributed by atoms with Gasteiger partial charge in [0.1, 0.15) is 6.10 Å². The topological polar surface area (TPSA) is 72.7 Å². The van der Waals surface area contributed by atoms with E-state index >= 15 is 0 Å². The highest BCUT2D eigenvalue weighted by molar-refractivity contribution is 5.80. The molecule has 1 rings (SSSR count). The van der Waals surface area contributed by atoms with Crippen LogP contribution in [0.15, 0.2) is 24.3 Å². The summed E-state index contributed by atoms with van der Waals surface area (Å²) >= 11 is 0. The lowest BCUT2D eigenvalue weighted by atomic mass is 10.1. The maximum absolute atomic E-state index is 12.0. The Morgan fingerprint density at radius 3 is 2.58 bits per heavy atom. The van der Waals surface area contributed by atoms with Crippen molar-refractivity contribution in [2.75, 3.05) is 14.2 Å². The number of nitrogens with zero attached hydrogens (tertiary/aromatic N) is 2. The molecule has 0 aliphatic heterocycles. The van der Waals surface area contributed by atoms with Crippen LogP contribution in [0.25, 0.3) is 0 Å². The lowest BCUT2D eigenvalue weighted by molar-refractivity contribution is -0.384. The number of amides is 1. The number of carbonyl (C=O) groups excluding carboxylic acids is 1. The van der Waals surface area contributed by atoms with Gasteiger partial charge in [0.25, 0.3) is 11.6 Å². The minimum absolute atomic E-state index is 0.0185. The third kappa shape index (κ3) is 3.51. The number of rotatable bonds is 5. The minimum Gasteiger partial charge on any atom is -0.372 e. The number of hydrogen-bond donors (Lipinski definition) is 0. The first kappa shape index (κ1) is 15.1. The standard InChI is InChI=1S/C13H18N2O4/c1-9(14(3)13(16)10(2)19-4)11-6-5-7-12(8-11)15(17)18/h5-10H,1-4H3. The van der Waals surface area contributed by atoms with E-state index < -0.39 is 11.0 Å². The molecule has 0 fully saturated rings. The molecule has 6 heteroatoms. The molecule has 1 amide bonds. The van der Waals surface area contributed by atoms with Gasteiger partial charge in [0.05, 0.1) is 11.0 Å². The van der Waals surface area contributed by atoms with E-state index in [4.69, 9.17) is 4.74 Å². The van der Waals surface area contributed by atoms with Crippen molar-refractivity contribution in [2.45, 2.75) is 26.0 Å². The molecule has 0 spiro atoms. The third-order valence-corrected chi connectivity index (χ3v) is 3.19. The molecule has 0 aliphatic rings. The van der Waals surface area contributed by atoms with Crippen molar-refractivity contribution in [2.24, 2.45) is 0 Å². The van der Waals surface area contributed by atoms with Crippen LogP contribution in [0.5, 0.6) is 0 Å². The van der Waals surface area contributed by atoms with Crippen molar-refractivity contribution in [1.29, 1.82) is 0 Å². The number of hydrogen-bond acceptors (Lipinski definition) is 4. The first-order valence-corrected chi connectivity index (χ1v) is 5.92. The zero-order chi connectivity index (χ0) is 14.6. The smallest absolute Gasteiger partial charge is 0.269 e. The van der Waals surface area contributed by atoms with Crippen LogP contribution in [0, 0.1) is 10.1 Å². The van der Waals surface area contributed by atoms with Crippen molar-refractivity contribution in [3.8, 4) is 0 Å². The van der Waals surface area contributed by atoms with Crippen LogP contribution in [0.2, 0.25) is 0 Å². The van der Waals surface area contributed by atoms with E-state index in [1.54, 1.807) is 26.1 Å². The van der Waals surface area contributed by atoms with E-state index in [0.29, 0.717) is 5.56 Å². The highest BCUT2D eigenvalue weighted by Crippen LogP contribution is 2.23. The van der Waals surface area contributed by atoms with Crippen molar-refractivity contribution in [1.82, 2.24) is 4.90 Å². The van der Waals surface area contributed by atoms with Crippen LogP contribution < -0.4 is 0 Å². The van der Waals surface area contributed by atoms with Gasteiger partial charge in [-0.25, -0.2) is 0 Å². The Bertz CT molecular complexity index is 475. The molecule has 0 heterocycles. The first-order valence-electron chi connectivity index (χ1n) is 5.92. The highest BCUT2D eigenvalue weighted by Gasteiger charge is 2.23. The Hall–Kier alpha value is -1.95. The van der Waals surface area contributed by atoms with Gasteiger partial charge in [0, 0.05) is 26.3 Å². The van der Waals surface area contributed by atoms with Gasteiger partial charge in [-0.1, -0.05) is 12.1 Å². The van der Waals surface area contributed by atoms with Crippen LogP contribution in [0.4, 0.5) is 5.69 Å². The summed E-state index contributed by atoms with van der Waals surface area (Å²) in [5.41, 5.74) is 0.735. The molecule has 0 radical (unpaired) electrons. The molecule has 2 atom stereocenters. The highest BCUT2D eigenvalue weighted by atomic mass is 16.6. The number of nitro groups is 1. The second kappa shape index (κ2) is 6.29. The molecule has 0 saturated carbocycles. The summed E-state index contributed by atoms with van der Waals surface area (Å²) in [6.07, 6.45) is -0.536. The molecule has 2 unspecified atom stereocenters. The molecule has 104 valence electrons. The number of ether oxygens (including phenoxy) is 1. The van der Waals surface area contributed by atoms with Crippen molar-refractivity contribution in [3.63, 3.8) is 0 Å². The van der Waals surface area contributed by atoms with Gasteiger partial charge < -0.3 is 9.64 Å². The molecular formula is C13H18N2O4. The summed E-state index contributed by atoms with van der Waals surface area (Å²) < 4.78 is 4.98. The summed E-state index contributed by atoms with van der Waals surface area (Å²) in [6.45, 7) is 3.48. The SMILES string of the molecule is COC(C)C(=O)N(C)C(C)c1cccc([N+](=O)[O-])c1. The minimum atomic E-state index is -0.536. The second-order valence-electron chi connectivity index (χ2n) is 4.36. The third-order valence-electron chi connectivity index (χ3n) is 3.19. The molecule has 19 heavy (non-hydrogen) atoms. The number of non-ortho nitro benzene ring substituents is 1. The Labute approximate surface area is 112 Å². The molecule has 0 N–H and O–H groups in total. The normalized spacial score (nSPS) is 13.7. The average molecular weight is 266 g/mol. The number of methoxy groups -OCH3 is 1. The maximum atomic E-state index is 12.0. The molecule has 0 aromatic heterocycles. The quantitative estimate of drug-likeness (QED) is 0.604. The fourth-order valence-electron chi connectivity index (χ4n) is 1.70. The van der Waals surface area contributed by atoms with E-state index in [2.05, 4.69) is 0 Å². The molecular weight excluding hydrogens is 248 g/mol. The van der Waals surface area contributed by atoms with Gasteiger partial charge in [-0.2, -0.15) is 0 Å². The Kier molecular flexibility index (Phi) is 5.00. The maximum Gasteiger partial charge on any atom is 0.269 e. The summed E-state index contributed by atoms with van der Waals surface area (Å²) in [6, 6.07) is 6.02. The summed E-state index contributed by atoms with van der Waals surface area (Å²) in [5, 5.41) is 10.7. The fraction of sp³-hybridized carbons (Fsp3) is 0.462. The summed E-state index contributed by atoms with van der Waals surface area (Å²) in [4.78, 5) is 23.8. The molecule has 0 bridgehead atoms. The van der Waals surface area contributed by atoms with E-state index in [0.717, 1.165) is 0 Å². The molecule has 0 saturated heterocycles. The van der Waals surface area contributed by atoms with Gasteiger partial charge >= 0.3 is 0 Å². The number of benzene rings is 1. The zero-order valence-corrected chi connectivity index (χ0v) is 11.5. The largest absolute Gasteiger partial charge is 0.372 e. The molecule has 0 aliphatic carbocycles. The van der Waals surface area contributed by atoms with Gasteiger partial charge in [-0.05, 0) is 19.4 Å². The molecule has 1 aromatic rings. The Morgan fingerprint density at radius 2 is 2.05 bits per heavy atom. The lowest BCUT2D eigenvalue weighted by Gasteiger charge is -2.27. The van der Waals surface area contributed by atoms with E-state index in [9.17, 15) is 14.9 Å². The van der Waals surface area contributed by atoms with Crippen LogP contribution >= 0.6 is 0 Å². The molecule has 6 nitrogen and oxygen atoms in total. The fourth-order valence-corrected chi connectivity index (χ4v) is 1.70. The van der Waals surface area contributed by atoms with Gasteiger partial charge in [0.2, 0.25) is 0 Å². The predicted molar refractivity (Wildman–Crippen MR) is 70.8 cm³/mol. The number of nitro benzene ring substituents is 1. The second-order valence-corrected chi connectivity index (χ2v) is 4.36. The predicted octanol–water partition coefficient (Wildman–Crippen LogP) is 2.15. The summed E-state index contributed by atoms with van der Waals surface area (Å²) in [5.74, 6) is -0.165. The molecule has 1 aromatic carbocycles. The van der Waals surface area contributed by atoms with Crippen LogP contribution in [0.3, 0.4) is 0 Å². The lowest BCUT2D eigenvalue weighted by Crippen LogP contribution is -2.37. The van der Waals surface area contributed by atoms with Gasteiger partial charge in [0.15, 0.2) is 0 Å². The van der Waals surface area contributed by atoms with Gasteiger partial charge in [-0.3, -0.25) is 14.9 Å². The van der Waals surface area contributed by atoms with E-state index in [1.807, 2.05) is 6.92 Å². The van der Waals surface area contributed by atoms with Gasteiger partial charge in [-0.15, -0.1) is 0 Å². The van der Waals surface area contributed by atoms with Crippen LogP contribution in [0.1, 0.15) is 25.5 Å². The number of carbonyl (C=O) groups is 1.